The minimum Gasteiger partial charge on any atom is -0.422 e. The predicted molar refractivity (Wildman–Crippen MR) is 77.3 cm³/mol. The van der Waals surface area contributed by atoms with Crippen molar-refractivity contribution in [2.45, 2.75) is 25.9 Å². The van der Waals surface area contributed by atoms with E-state index < -0.39 is 0 Å². The summed E-state index contributed by atoms with van der Waals surface area (Å²) in [6.45, 7) is 5.47. The van der Waals surface area contributed by atoms with Gasteiger partial charge in [-0.3, -0.25) is 4.79 Å². The molecule has 1 atom stereocenters. The van der Waals surface area contributed by atoms with Crippen LogP contribution in [0.3, 0.4) is 0 Å². The molecular formula is C14H17N3O3S. The summed E-state index contributed by atoms with van der Waals surface area (Å²) in [4.78, 5) is 14.1. The molecule has 112 valence electrons. The van der Waals surface area contributed by atoms with Crippen molar-refractivity contribution >= 4 is 17.2 Å². The summed E-state index contributed by atoms with van der Waals surface area (Å²) in [5, 5.41) is 11.8. The molecule has 0 spiro atoms. The Morgan fingerprint density at radius 3 is 3.00 bits per heavy atom. The first-order valence-corrected chi connectivity index (χ1v) is 7.86. The molecule has 0 N–H and O–H groups in total. The van der Waals surface area contributed by atoms with E-state index in [2.05, 4.69) is 10.2 Å². The zero-order valence-electron chi connectivity index (χ0n) is 12.0. The number of rotatable bonds is 3. The average molecular weight is 307 g/mol. The number of ether oxygens (including phenoxy) is 1. The van der Waals surface area contributed by atoms with Gasteiger partial charge in [-0.25, -0.2) is 0 Å². The molecule has 1 saturated heterocycles. The maximum atomic E-state index is 12.4. The molecule has 1 amide bonds. The third kappa shape index (κ3) is 2.98. The molecule has 0 aromatic carbocycles. The number of aromatic nitrogens is 2. The first-order chi connectivity index (χ1) is 10.1. The fraction of sp³-hybridized carbons (Fsp3) is 0.500. The Morgan fingerprint density at radius 2 is 2.33 bits per heavy atom. The SMILES string of the molecule is CC(C)c1nnc([C@H]2CN(C(=O)c3ccsc3)CCO2)o1. The summed E-state index contributed by atoms with van der Waals surface area (Å²) in [7, 11) is 0. The Bertz CT molecular complexity index is 609. The average Bonchev–Trinajstić information content (AvgIpc) is 3.18. The van der Waals surface area contributed by atoms with E-state index in [0.717, 1.165) is 0 Å². The summed E-state index contributed by atoms with van der Waals surface area (Å²) in [5.41, 5.74) is 0.717. The van der Waals surface area contributed by atoms with E-state index >= 15 is 0 Å². The summed E-state index contributed by atoms with van der Waals surface area (Å²) in [6.07, 6.45) is -0.346. The van der Waals surface area contributed by atoms with Crippen LogP contribution in [0.25, 0.3) is 0 Å². The van der Waals surface area contributed by atoms with Crippen molar-refractivity contribution in [3.8, 4) is 0 Å². The molecule has 0 radical (unpaired) electrons. The van der Waals surface area contributed by atoms with Crippen LogP contribution in [0.5, 0.6) is 0 Å². The van der Waals surface area contributed by atoms with Gasteiger partial charge in [0.1, 0.15) is 0 Å². The molecule has 3 rings (SSSR count). The van der Waals surface area contributed by atoms with Gasteiger partial charge >= 0.3 is 0 Å². The fourth-order valence-electron chi connectivity index (χ4n) is 2.16. The van der Waals surface area contributed by atoms with Gasteiger partial charge in [-0.2, -0.15) is 11.3 Å². The van der Waals surface area contributed by atoms with Gasteiger partial charge in [0, 0.05) is 17.8 Å². The van der Waals surface area contributed by atoms with E-state index in [1.54, 1.807) is 4.90 Å². The summed E-state index contributed by atoms with van der Waals surface area (Å²) < 4.78 is 11.3. The summed E-state index contributed by atoms with van der Waals surface area (Å²) >= 11 is 1.52. The Hall–Kier alpha value is -1.73. The molecule has 3 heterocycles. The van der Waals surface area contributed by atoms with Gasteiger partial charge in [-0.05, 0) is 11.4 Å². The highest BCUT2D eigenvalue weighted by Gasteiger charge is 2.30. The van der Waals surface area contributed by atoms with E-state index in [1.807, 2.05) is 30.7 Å². The third-order valence-corrected chi connectivity index (χ3v) is 4.03. The number of hydrogen-bond donors (Lipinski definition) is 0. The van der Waals surface area contributed by atoms with Gasteiger partial charge in [0.25, 0.3) is 5.91 Å². The number of hydrogen-bond acceptors (Lipinski definition) is 6. The molecule has 0 saturated carbocycles. The molecule has 2 aromatic rings. The maximum Gasteiger partial charge on any atom is 0.254 e. The molecule has 1 aliphatic heterocycles. The molecule has 1 fully saturated rings. The topological polar surface area (TPSA) is 68.5 Å². The van der Waals surface area contributed by atoms with E-state index in [-0.39, 0.29) is 17.9 Å². The largest absolute Gasteiger partial charge is 0.422 e. The third-order valence-electron chi connectivity index (χ3n) is 3.35. The van der Waals surface area contributed by atoms with Crippen LogP contribution >= 0.6 is 11.3 Å². The van der Waals surface area contributed by atoms with Gasteiger partial charge in [-0.1, -0.05) is 13.8 Å². The van der Waals surface area contributed by atoms with Crippen molar-refractivity contribution in [3.63, 3.8) is 0 Å². The lowest BCUT2D eigenvalue weighted by Crippen LogP contribution is -2.42. The van der Waals surface area contributed by atoms with Crippen molar-refractivity contribution < 1.29 is 13.9 Å². The lowest BCUT2D eigenvalue weighted by atomic mass is 10.2. The van der Waals surface area contributed by atoms with Crippen LogP contribution in [0.2, 0.25) is 0 Å². The second kappa shape index (κ2) is 5.95. The van der Waals surface area contributed by atoms with E-state index in [0.29, 0.717) is 37.0 Å². The molecular weight excluding hydrogens is 290 g/mol. The van der Waals surface area contributed by atoms with Crippen molar-refractivity contribution in [3.05, 3.63) is 34.2 Å². The van der Waals surface area contributed by atoms with Crippen LogP contribution in [0.4, 0.5) is 0 Å². The van der Waals surface area contributed by atoms with E-state index in [1.165, 1.54) is 11.3 Å². The fourth-order valence-corrected chi connectivity index (χ4v) is 2.79. The minimum atomic E-state index is -0.346. The summed E-state index contributed by atoms with van der Waals surface area (Å²) in [6, 6.07) is 1.83. The number of carbonyl (C=O) groups is 1. The standard InChI is InChI=1S/C14H17N3O3S/c1-9(2)12-15-16-13(20-12)11-7-17(4-5-19-11)14(18)10-3-6-21-8-10/h3,6,8-9,11H,4-5,7H2,1-2H3/t11-/m1/s1. The Balaban J connectivity index is 1.72. The van der Waals surface area contributed by atoms with Gasteiger partial charge in [0.15, 0.2) is 6.10 Å². The quantitative estimate of drug-likeness (QED) is 0.871. The zero-order valence-corrected chi connectivity index (χ0v) is 12.8. The number of nitrogens with zero attached hydrogens (tertiary/aromatic N) is 3. The number of amides is 1. The van der Waals surface area contributed by atoms with Crippen LogP contribution in [-0.2, 0) is 4.74 Å². The van der Waals surface area contributed by atoms with Crippen molar-refractivity contribution in [1.82, 2.24) is 15.1 Å². The van der Waals surface area contributed by atoms with E-state index in [9.17, 15) is 4.79 Å². The van der Waals surface area contributed by atoms with Gasteiger partial charge in [-0.15, -0.1) is 10.2 Å². The summed E-state index contributed by atoms with van der Waals surface area (Å²) in [5.74, 6) is 1.24. The maximum absolute atomic E-state index is 12.4. The van der Waals surface area contributed by atoms with Gasteiger partial charge in [0.05, 0.1) is 18.7 Å². The molecule has 7 heteroatoms. The smallest absolute Gasteiger partial charge is 0.254 e. The van der Waals surface area contributed by atoms with E-state index in [4.69, 9.17) is 9.15 Å². The van der Waals surface area contributed by atoms with Crippen LogP contribution in [0.15, 0.2) is 21.2 Å². The molecule has 1 aliphatic rings. The Labute approximate surface area is 126 Å². The second-order valence-corrected chi connectivity index (χ2v) is 6.04. The first-order valence-electron chi connectivity index (χ1n) is 6.91. The van der Waals surface area contributed by atoms with Crippen LogP contribution in [0.1, 0.15) is 48.0 Å². The molecule has 2 aromatic heterocycles. The van der Waals surface area contributed by atoms with Crippen LogP contribution in [0, 0.1) is 0 Å². The highest BCUT2D eigenvalue weighted by atomic mass is 32.1. The van der Waals surface area contributed by atoms with Gasteiger partial charge in [0.2, 0.25) is 11.8 Å². The molecule has 0 aliphatic carbocycles. The van der Waals surface area contributed by atoms with Crippen molar-refractivity contribution in [2.24, 2.45) is 0 Å². The van der Waals surface area contributed by atoms with Gasteiger partial charge < -0.3 is 14.1 Å². The van der Waals surface area contributed by atoms with Crippen molar-refractivity contribution in [2.75, 3.05) is 19.7 Å². The molecule has 0 unspecified atom stereocenters. The Kier molecular flexibility index (Phi) is 4.03. The number of thiophene rings is 1. The van der Waals surface area contributed by atoms with Crippen LogP contribution < -0.4 is 0 Å². The highest BCUT2D eigenvalue weighted by molar-refractivity contribution is 7.08. The van der Waals surface area contributed by atoms with Crippen molar-refractivity contribution in [1.29, 1.82) is 0 Å². The zero-order chi connectivity index (χ0) is 14.8. The normalized spacial score (nSPS) is 19.2. The lowest BCUT2D eigenvalue weighted by molar-refractivity contribution is -0.0351. The number of morpholine rings is 1. The second-order valence-electron chi connectivity index (χ2n) is 5.26. The molecule has 21 heavy (non-hydrogen) atoms. The molecule has 0 bridgehead atoms. The first kappa shape index (κ1) is 14.2. The number of carbonyl (C=O) groups excluding carboxylic acids is 1. The highest BCUT2D eigenvalue weighted by Crippen LogP contribution is 2.24. The van der Waals surface area contributed by atoms with Crippen LogP contribution in [-0.4, -0.2) is 40.7 Å². The minimum absolute atomic E-state index is 0.0214. The monoisotopic (exact) mass is 307 g/mol. The predicted octanol–water partition coefficient (Wildman–Crippen LogP) is 2.47. The Morgan fingerprint density at radius 1 is 1.48 bits per heavy atom. The molecule has 6 nitrogen and oxygen atoms in total. The lowest BCUT2D eigenvalue weighted by Gasteiger charge is -2.31.